The van der Waals surface area contributed by atoms with Crippen LogP contribution in [0.25, 0.3) is 0 Å². The van der Waals surface area contributed by atoms with Gasteiger partial charge in [0, 0.05) is 19.1 Å². The lowest BCUT2D eigenvalue weighted by Gasteiger charge is -2.43. The third kappa shape index (κ3) is 2.39. The van der Waals surface area contributed by atoms with Crippen LogP contribution in [0, 0.1) is 23.2 Å². The Labute approximate surface area is 106 Å². The quantitative estimate of drug-likeness (QED) is 0.752. The van der Waals surface area contributed by atoms with Crippen molar-refractivity contribution in [2.75, 3.05) is 26.2 Å². The molecule has 98 valence electrons. The topological polar surface area (TPSA) is 15.3 Å². The van der Waals surface area contributed by atoms with Gasteiger partial charge < -0.3 is 5.32 Å². The lowest BCUT2D eigenvalue weighted by Crippen LogP contribution is -2.43. The number of likely N-dealkylation sites (tertiary alicyclic amines) is 1. The SMILES string of the molecule is CC1CC(N2CC3CNCC3C2)CC(C)(C)C1. The van der Waals surface area contributed by atoms with Crippen LogP contribution in [0.1, 0.15) is 40.0 Å². The van der Waals surface area contributed by atoms with Gasteiger partial charge in [-0.25, -0.2) is 0 Å². The number of nitrogens with one attached hydrogen (secondary N) is 1. The second kappa shape index (κ2) is 4.24. The zero-order valence-corrected chi connectivity index (χ0v) is 11.7. The van der Waals surface area contributed by atoms with E-state index in [4.69, 9.17) is 0 Å². The van der Waals surface area contributed by atoms with Crippen LogP contribution in [0.3, 0.4) is 0 Å². The van der Waals surface area contributed by atoms with Gasteiger partial charge in [0.15, 0.2) is 0 Å². The molecule has 3 aliphatic rings. The number of rotatable bonds is 1. The average molecular weight is 236 g/mol. The maximum absolute atomic E-state index is 3.55. The summed E-state index contributed by atoms with van der Waals surface area (Å²) in [5, 5.41) is 3.55. The molecule has 3 rings (SSSR count). The van der Waals surface area contributed by atoms with E-state index in [0.717, 1.165) is 23.8 Å². The highest BCUT2D eigenvalue weighted by Gasteiger charge is 2.42. The molecule has 1 N–H and O–H groups in total. The molecule has 0 amide bonds. The van der Waals surface area contributed by atoms with Crippen molar-refractivity contribution in [3.63, 3.8) is 0 Å². The molecule has 3 fully saturated rings. The summed E-state index contributed by atoms with van der Waals surface area (Å²) in [6.45, 7) is 12.7. The highest BCUT2D eigenvalue weighted by Crippen LogP contribution is 2.42. The van der Waals surface area contributed by atoms with E-state index in [1.807, 2.05) is 0 Å². The molecule has 2 aliphatic heterocycles. The third-order valence-electron chi connectivity index (χ3n) is 5.30. The summed E-state index contributed by atoms with van der Waals surface area (Å²) in [5.41, 5.74) is 0.568. The van der Waals surface area contributed by atoms with Crippen molar-refractivity contribution < 1.29 is 0 Å². The standard InChI is InChI=1S/C15H28N2/c1-11-4-14(6-15(2,3)5-11)17-9-12-7-16-8-13(12)10-17/h11-14,16H,4-10H2,1-3H3. The van der Waals surface area contributed by atoms with Crippen molar-refractivity contribution in [3.05, 3.63) is 0 Å². The minimum absolute atomic E-state index is 0.568. The number of hydrogen-bond donors (Lipinski definition) is 1. The molecule has 2 heteroatoms. The minimum Gasteiger partial charge on any atom is -0.316 e. The van der Waals surface area contributed by atoms with Gasteiger partial charge in [0.1, 0.15) is 0 Å². The Bertz CT molecular complexity index is 275. The molecule has 0 aromatic rings. The van der Waals surface area contributed by atoms with Crippen LogP contribution in [0.4, 0.5) is 0 Å². The van der Waals surface area contributed by atoms with Crippen molar-refractivity contribution in [3.8, 4) is 0 Å². The lowest BCUT2D eigenvalue weighted by atomic mass is 9.70. The first-order chi connectivity index (χ1) is 8.03. The van der Waals surface area contributed by atoms with Gasteiger partial charge in [-0.2, -0.15) is 0 Å². The highest BCUT2D eigenvalue weighted by atomic mass is 15.2. The first-order valence-electron chi connectivity index (χ1n) is 7.48. The number of hydrogen-bond acceptors (Lipinski definition) is 2. The fraction of sp³-hybridized carbons (Fsp3) is 1.00. The molecule has 0 spiro atoms. The lowest BCUT2D eigenvalue weighted by molar-refractivity contribution is 0.0773. The second-order valence-electron chi connectivity index (χ2n) is 7.70. The highest BCUT2D eigenvalue weighted by molar-refractivity contribution is 4.96. The third-order valence-corrected chi connectivity index (χ3v) is 5.30. The second-order valence-corrected chi connectivity index (χ2v) is 7.70. The predicted octanol–water partition coefficient (Wildman–Crippen LogP) is 2.35. The normalized spacial score (nSPS) is 46.1. The predicted molar refractivity (Wildman–Crippen MR) is 72.0 cm³/mol. The van der Waals surface area contributed by atoms with Crippen molar-refractivity contribution in [1.82, 2.24) is 10.2 Å². The van der Waals surface area contributed by atoms with Crippen LogP contribution >= 0.6 is 0 Å². The van der Waals surface area contributed by atoms with E-state index in [1.54, 1.807) is 0 Å². The molecule has 4 unspecified atom stereocenters. The van der Waals surface area contributed by atoms with E-state index in [1.165, 1.54) is 45.4 Å². The first kappa shape index (κ1) is 12.0. The molecular formula is C15H28N2. The van der Waals surface area contributed by atoms with Gasteiger partial charge >= 0.3 is 0 Å². The Morgan fingerprint density at radius 2 is 1.71 bits per heavy atom. The van der Waals surface area contributed by atoms with Crippen LogP contribution in [0.5, 0.6) is 0 Å². The van der Waals surface area contributed by atoms with Gasteiger partial charge in [-0.05, 0) is 55.5 Å². The summed E-state index contributed by atoms with van der Waals surface area (Å²) < 4.78 is 0. The average Bonchev–Trinajstić information content (AvgIpc) is 2.71. The van der Waals surface area contributed by atoms with Crippen LogP contribution in [-0.2, 0) is 0 Å². The fourth-order valence-electron chi connectivity index (χ4n) is 4.76. The Hall–Kier alpha value is -0.0800. The smallest absolute Gasteiger partial charge is 0.0103 e. The van der Waals surface area contributed by atoms with Crippen molar-refractivity contribution in [2.45, 2.75) is 46.1 Å². The molecule has 17 heavy (non-hydrogen) atoms. The van der Waals surface area contributed by atoms with E-state index in [0.29, 0.717) is 5.41 Å². The van der Waals surface area contributed by atoms with E-state index >= 15 is 0 Å². The van der Waals surface area contributed by atoms with Gasteiger partial charge in [0.25, 0.3) is 0 Å². The molecule has 0 aromatic heterocycles. The molecule has 0 aromatic carbocycles. The molecule has 0 bridgehead atoms. The molecular weight excluding hydrogens is 208 g/mol. The van der Waals surface area contributed by atoms with Gasteiger partial charge in [-0.3, -0.25) is 4.90 Å². The van der Waals surface area contributed by atoms with E-state index < -0.39 is 0 Å². The molecule has 0 radical (unpaired) electrons. The zero-order chi connectivity index (χ0) is 12.0. The summed E-state index contributed by atoms with van der Waals surface area (Å²) in [7, 11) is 0. The van der Waals surface area contributed by atoms with E-state index in [-0.39, 0.29) is 0 Å². The first-order valence-corrected chi connectivity index (χ1v) is 7.48. The van der Waals surface area contributed by atoms with Crippen LogP contribution in [0.15, 0.2) is 0 Å². The van der Waals surface area contributed by atoms with E-state index in [9.17, 15) is 0 Å². The number of nitrogens with zero attached hydrogens (tertiary/aromatic N) is 1. The largest absolute Gasteiger partial charge is 0.316 e. The molecule has 4 atom stereocenters. The van der Waals surface area contributed by atoms with Crippen LogP contribution < -0.4 is 5.32 Å². The fourth-order valence-corrected chi connectivity index (χ4v) is 4.76. The Kier molecular flexibility index (Phi) is 2.99. The summed E-state index contributed by atoms with van der Waals surface area (Å²) >= 11 is 0. The molecule has 1 saturated carbocycles. The van der Waals surface area contributed by atoms with Crippen molar-refractivity contribution in [1.29, 1.82) is 0 Å². The summed E-state index contributed by atoms with van der Waals surface area (Å²) in [6.07, 6.45) is 4.28. The number of fused-ring (bicyclic) bond motifs is 1. The molecule has 2 saturated heterocycles. The maximum Gasteiger partial charge on any atom is 0.0103 e. The van der Waals surface area contributed by atoms with Gasteiger partial charge in [0.05, 0.1) is 0 Å². The van der Waals surface area contributed by atoms with Crippen molar-refractivity contribution >= 4 is 0 Å². The van der Waals surface area contributed by atoms with Gasteiger partial charge in [-0.1, -0.05) is 20.8 Å². The minimum atomic E-state index is 0.568. The van der Waals surface area contributed by atoms with Crippen molar-refractivity contribution in [2.24, 2.45) is 23.2 Å². The van der Waals surface area contributed by atoms with Crippen LogP contribution in [-0.4, -0.2) is 37.1 Å². The Morgan fingerprint density at radius 3 is 2.29 bits per heavy atom. The summed E-state index contributed by atoms with van der Waals surface area (Å²) in [4.78, 5) is 2.83. The summed E-state index contributed by atoms with van der Waals surface area (Å²) in [5.74, 6) is 2.83. The van der Waals surface area contributed by atoms with Crippen LogP contribution in [0.2, 0.25) is 0 Å². The summed E-state index contributed by atoms with van der Waals surface area (Å²) in [6, 6.07) is 0.874. The molecule has 2 nitrogen and oxygen atoms in total. The van der Waals surface area contributed by atoms with Gasteiger partial charge in [-0.15, -0.1) is 0 Å². The maximum atomic E-state index is 3.55. The zero-order valence-electron chi connectivity index (χ0n) is 11.7. The Balaban J connectivity index is 1.65. The van der Waals surface area contributed by atoms with E-state index in [2.05, 4.69) is 31.0 Å². The molecule has 1 aliphatic carbocycles. The van der Waals surface area contributed by atoms with Gasteiger partial charge in [0.2, 0.25) is 0 Å². The molecule has 2 heterocycles. The monoisotopic (exact) mass is 236 g/mol. The Morgan fingerprint density at radius 1 is 1.06 bits per heavy atom.